The zero-order chi connectivity index (χ0) is 12.2. The fourth-order valence-electron chi connectivity index (χ4n) is 2.96. The van der Waals surface area contributed by atoms with E-state index in [2.05, 4.69) is 64.1 Å². The fourth-order valence-corrected chi connectivity index (χ4v) is 2.96. The Morgan fingerprint density at radius 2 is 1.41 bits per heavy atom. The number of rotatable bonds is 0. The number of fused-ring (bicyclic) bond motifs is 3. The SMILES string of the molecule is Cc1cc2c(cc1C)C(C)(C)c1ccccc1-2. The molecule has 1 aliphatic rings. The molecule has 3 rings (SSSR count). The van der Waals surface area contributed by atoms with E-state index in [4.69, 9.17) is 0 Å². The minimum absolute atomic E-state index is 0.143. The van der Waals surface area contributed by atoms with Crippen LogP contribution in [0.25, 0.3) is 11.1 Å². The van der Waals surface area contributed by atoms with Gasteiger partial charge in [0.1, 0.15) is 0 Å². The van der Waals surface area contributed by atoms with Gasteiger partial charge in [0.25, 0.3) is 0 Å². The van der Waals surface area contributed by atoms with Crippen molar-refractivity contribution < 1.29 is 0 Å². The Kier molecular flexibility index (Phi) is 2.01. The molecule has 2 aromatic carbocycles. The second-order valence-corrected chi connectivity index (χ2v) is 5.65. The Morgan fingerprint density at radius 3 is 2.18 bits per heavy atom. The first kappa shape index (κ1) is 10.6. The maximum atomic E-state index is 2.37. The van der Waals surface area contributed by atoms with Crippen LogP contribution in [0, 0.1) is 13.8 Å². The molecule has 2 aromatic rings. The Balaban J connectivity index is 2.40. The number of hydrogen-bond acceptors (Lipinski definition) is 0. The van der Waals surface area contributed by atoms with Crippen LogP contribution in [0.15, 0.2) is 36.4 Å². The van der Waals surface area contributed by atoms with Crippen molar-refractivity contribution in [2.75, 3.05) is 0 Å². The quantitative estimate of drug-likeness (QED) is 0.610. The van der Waals surface area contributed by atoms with Crippen molar-refractivity contribution in [3.8, 4) is 11.1 Å². The molecular formula is C17H18. The van der Waals surface area contributed by atoms with Gasteiger partial charge in [0.15, 0.2) is 0 Å². The van der Waals surface area contributed by atoms with Crippen LogP contribution in [0.1, 0.15) is 36.1 Å². The van der Waals surface area contributed by atoms with Crippen LogP contribution >= 0.6 is 0 Å². The van der Waals surface area contributed by atoms with Crippen molar-refractivity contribution in [1.29, 1.82) is 0 Å². The van der Waals surface area contributed by atoms with E-state index in [1.165, 1.54) is 33.4 Å². The summed E-state index contributed by atoms with van der Waals surface area (Å²) < 4.78 is 0. The van der Waals surface area contributed by atoms with Gasteiger partial charge in [-0.3, -0.25) is 0 Å². The predicted molar refractivity (Wildman–Crippen MR) is 73.5 cm³/mol. The fraction of sp³-hybridized carbons (Fsp3) is 0.294. The number of hydrogen-bond donors (Lipinski definition) is 0. The Bertz CT molecular complexity index is 603. The molecule has 0 spiro atoms. The summed E-state index contributed by atoms with van der Waals surface area (Å²) >= 11 is 0. The minimum atomic E-state index is 0.143. The summed E-state index contributed by atoms with van der Waals surface area (Å²) in [6, 6.07) is 13.5. The van der Waals surface area contributed by atoms with Crippen LogP contribution in [0.2, 0.25) is 0 Å². The van der Waals surface area contributed by atoms with Crippen molar-refractivity contribution in [3.63, 3.8) is 0 Å². The third-order valence-corrected chi connectivity index (χ3v) is 4.20. The van der Waals surface area contributed by atoms with Gasteiger partial charge in [0.2, 0.25) is 0 Å². The molecule has 0 unspecified atom stereocenters. The molecule has 1 aliphatic carbocycles. The normalized spacial score (nSPS) is 15.5. The number of aryl methyl sites for hydroxylation is 2. The van der Waals surface area contributed by atoms with E-state index in [0.717, 1.165) is 0 Å². The lowest BCUT2D eigenvalue weighted by molar-refractivity contribution is 0.659. The molecule has 0 N–H and O–H groups in total. The lowest BCUT2D eigenvalue weighted by atomic mass is 9.82. The second kappa shape index (κ2) is 3.22. The van der Waals surface area contributed by atoms with Crippen LogP contribution < -0.4 is 0 Å². The van der Waals surface area contributed by atoms with E-state index >= 15 is 0 Å². The van der Waals surface area contributed by atoms with Gasteiger partial charge in [-0.05, 0) is 47.2 Å². The van der Waals surface area contributed by atoms with Crippen molar-refractivity contribution in [1.82, 2.24) is 0 Å². The maximum absolute atomic E-state index is 2.37. The van der Waals surface area contributed by atoms with Crippen LogP contribution in [-0.4, -0.2) is 0 Å². The smallest absolute Gasteiger partial charge is 0.0158 e. The molecular weight excluding hydrogens is 204 g/mol. The first-order valence-electron chi connectivity index (χ1n) is 6.23. The highest BCUT2D eigenvalue weighted by Crippen LogP contribution is 2.48. The van der Waals surface area contributed by atoms with E-state index in [1.807, 2.05) is 0 Å². The van der Waals surface area contributed by atoms with Gasteiger partial charge in [-0.15, -0.1) is 0 Å². The van der Waals surface area contributed by atoms with Crippen LogP contribution in [0.3, 0.4) is 0 Å². The van der Waals surface area contributed by atoms with Crippen LogP contribution in [0.4, 0.5) is 0 Å². The average molecular weight is 222 g/mol. The third kappa shape index (κ3) is 1.30. The minimum Gasteiger partial charge on any atom is -0.0619 e. The highest BCUT2D eigenvalue weighted by atomic mass is 14.4. The summed E-state index contributed by atoms with van der Waals surface area (Å²) in [5.74, 6) is 0. The zero-order valence-corrected chi connectivity index (χ0v) is 11.0. The van der Waals surface area contributed by atoms with Gasteiger partial charge in [-0.2, -0.15) is 0 Å². The van der Waals surface area contributed by atoms with Crippen LogP contribution in [-0.2, 0) is 5.41 Å². The molecule has 17 heavy (non-hydrogen) atoms. The first-order valence-corrected chi connectivity index (χ1v) is 6.23. The van der Waals surface area contributed by atoms with Crippen molar-refractivity contribution in [2.45, 2.75) is 33.1 Å². The van der Waals surface area contributed by atoms with Gasteiger partial charge >= 0.3 is 0 Å². The van der Waals surface area contributed by atoms with Gasteiger partial charge in [-0.1, -0.05) is 50.2 Å². The van der Waals surface area contributed by atoms with Gasteiger partial charge in [0, 0.05) is 5.41 Å². The summed E-state index contributed by atoms with van der Waals surface area (Å²) in [7, 11) is 0. The van der Waals surface area contributed by atoms with Crippen molar-refractivity contribution >= 4 is 0 Å². The highest BCUT2D eigenvalue weighted by molar-refractivity contribution is 5.81. The molecule has 0 bridgehead atoms. The van der Waals surface area contributed by atoms with Crippen LogP contribution in [0.5, 0.6) is 0 Å². The third-order valence-electron chi connectivity index (χ3n) is 4.20. The lowest BCUT2D eigenvalue weighted by Gasteiger charge is -2.22. The number of benzene rings is 2. The van der Waals surface area contributed by atoms with Gasteiger partial charge in [0.05, 0.1) is 0 Å². The molecule has 0 heteroatoms. The topological polar surface area (TPSA) is 0 Å². The lowest BCUT2D eigenvalue weighted by Crippen LogP contribution is -2.15. The van der Waals surface area contributed by atoms with E-state index in [1.54, 1.807) is 0 Å². The standard InChI is InChI=1S/C17H18/c1-11-9-14-13-7-5-6-8-15(13)17(3,4)16(14)10-12(11)2/h5-10H,1-4H3. The maximum Gasteiger partial charge on any atom is 0.0158 e. The molecule has 0 aromatic heterocycles. The van der Waals surface area contributed by atoms with Crippen molar-refractivity contribution in [3.05, 3.63) is 58.7 Å². The summed E-state index contributed by atoms with van der Waals surface area (Å²) in [6.45, 7) is 9.05. The van der Waals surface area contributed by atoms with E-state index in [0.29, 0.717) is 0 Å². The second-order valence-electron chi connectivity index (χ2n) is 5.65. The Morgan fingerprint density at radius 1 is 0.765 bits per heavy atom. The first-order chi connectivity index (χ1) is 8.01. The van der Waals surface area contributed by atoms with E-state index in [9.17, 15) is 0 Å². The predicted octanol–water partition coefficient (Wildman–Crippen LogP) is 4.61. The van der Waals surface area contributed by atoms with Gasteiger partial charge < -0.3 is 0 Å². The van der Waals surface area contributed by atoms with Gasteiger partial charge in [-0.25, -0.2) is 0 Å². The Labute approximate surface area is 103 Å². The molecule has 0 radical (unpaired) electrons. The van der Waals surface area contributed by atoms with E-state index in [-0.39, 0.29) is 5.41 Å². The largest absolute Gasteiger partial charge is 0.0619 e. The summed E-state index contributed by atoms with van der Waals surface area (Å²) in [6.07, 6.45) is 0. The molecule has 0 fully saturated rings. The summed E-state index contributed by atoms with van der Waals surface area (Å²) in [4.78, 5) is 0. The zero-order valence-electron chi connectivity index (χ0n) is 11.0. The molecule has 0 saturated heterocycles. The Hall–Kier alpha value is -1.56. The molecule has 0 aliphatic heterocycles. The monoisotopic (exact) mass is 222 g/mol. The molecule has 86 valence electrons. The highest BCUT2D eigenvalue weighted by Gasteiger charge is 2.35. The molecule has 0 heterocycles. The molecule has 0 amide bonds. The summed E-state index contributed by atoms with van der Waals surface area (Å²) in [5, 5.41) is 0. The molecule has 0 atom stereocenters. The molecule has 0 nitrogen and oxygen atoms in total. The average Bonchev–Trinajstić information content (AvgIpc) is 2.51. The molecule has 0 saturated carbocycles. The van der Waals surface area contributed by atoms with Crippen molar-refractivity contribution in [2.24, 2.45) is 0 Å². The summed E-state index contributed by atoms with van der Waals surface area (Å²) in [5.41, 5.74) is 8.69. The van der Waals surface area contributed by atoms with E-state index < -0.39 is 0 Å².